The molecule has 14 heavy (non-hydrogen) atoms. The Hall–Kier alpha value is -0.610. The van der Waals surface area contributed by atoms with Crippen LogP contribution >= 0.6 is 0 Å². The zero-order valence-corrected chi connectivity index (χ0v) is 8.53. The van der Waals surface area contributed by atoms with Gasteiger partial charge >= 0.3 is 0 Å². The maximum Gasteiger partial charge on any atom is 0.226 e. The molecule has 0 spiro atoms. The van der Waals surface area contributed by atoms with Crippen LogP contribution in [0.2, 0.25) is 0 Å². The van der Waals surface area contributed by atoms with Crippen LogP contribution in [-0.2, 0) is 9.53 Å². The van der Waals surface area contributed by atoms with Gasteiger partial charge in [-0.1, -0.05) is 6.92 Å². The van der Waals surface area contributed by atoms with Gasteiger partial charge in [0.1, 0.15) is 0 Å². The maximum atomic E-state index is 11.8. The Morgan fingerprint density at radius 3 is 2.93 bits per heavy atom. The molecule has 0 aromatic carbocycles. The van der Waals surface area contributed by atoms with E-state index in [4.69, 9.17) is 10.5 Å². The lowest BCUT2D eigenvalue weighted by molar-refractivity contribution is -0.126. The molecule has 4 unspecified atom stereocenters. The van der Waals surface area contributed by atoms with E-state index in [0.29, 0.717) is 6.61 Å². The van der Waals surface area contributed by atoms with Crippen molar-refractivity contribution in [3.05, 3.63) is 0 Å². The SMILES string of the molecule is CCC1OCCC1C(=O)NC1CC1N. The molecule has 1 heterocycles. The Morgan fingerprint density at radius 2 is 2.36 bits per heavy atom. The molecule has 0 bridgehead atoms. The third-order valence-electron chi connectivity index (χ3n) is 3.12. The van der Waals surface area contributed by atoms with E-state index < -0.39 is 0 Å². The van der Waals surface area contributed by atoms with Crippen LogP contribution in [0.3, 0.4) is 0 Å². The van der Waals surface area contributed by atoms with Gasteiger partial charge in [-0.25, -0.2) is 0 Å². The first-order valence-corrected chi connectivity index (χ1v) is 5.40. The van der Waals surface area contributed by atoms with Crippen molar-refractivity contribution in [3.63, 3.8) is 0 Å². The quantitative estimate of drug-likeness (QED) is 0.672. The van der Waals surface area contributed by atoms with E-state index in [1.54, 1.807) is 0 Å². The average molecular weight is 198 g/mol. The molecule has 3 N–H and O–H groups in total. The second-order valence-electron chi connectivity index (χ2n) is 4.23. The van der Waals surface area contributed by atoms with Crippen LogP contribution in [-0.4, -0.2) is 30.7 Å². The minimum absolute atomic E-state index is 0.0489. The number of hydrogen-bond acceptors (Lipinski definition) is 3. The largest absolute Gasteiger partial charge is 0.377 e. The lowest BCUT2D eigenvalue weighted by atomic mass is 9.99. The normalized spacial score (nSPS) is 41.0. The van der Waals surface area contributed by atoms with Crippen LogP contribution in [0.4, 0.5) is 0 Å². The predicted molar refractivity (Wildman–Crippen MR) is 52.7 cm³/mol. The minimum Gasteiger partial charge on any atom is -0.377 e. The Labute approximate surface area is 84.2 Å². The molecule has 0 aromatic rings. The molecular formula is C10H18N2O2. The van der Waals surface area contributed by atoms with E-state index in [1.165, 1.54) is 0 Å². The van der Waals surface area contributed by atoms with Crippen LogP contribution in [0.15, 0.2) is 0 Å². The van der Waals surface area contributed by atoms with Crippen molar-refractivity contribution in [1.82, 2.24) is 5.32 Å². The Balaban J connectivity index is 1.84. The molecule has 1 saturated heterocycles. The van der Waals surface area contributed by atoms with Crippen molar-refractivity contribution in [2.75, 3.05) is 6.61 Å². The van der Waals surface area contributed by atoms with Crippen LogP contribution < -0.4 is 11.1 Å². The predicted octanol–water partition coefficient (Wildman–Crippen LogP) is 0.0173. The van der Waals surface area contributed by atoms with Gasteiger partial charge in [0.15, 0.2) is 0 Å². The number of ether oxygens (including phenoxy) is 1. The molecule has 4 atom stereocenters. The minimum atomic E-state index is 0.0489. The highest BCUT2D eigenvalue weighted by Crippen LogP contribution is 2.25. The highest BCUT2D eigenvalue weighted by atomic mass is 16.5. The molecular weight excluding hydrogens is 180 g/mol. The van der Waals surface area contributed by atoms with Crippen molar-refractivity contribution in [3.8, 4) is 0 Å². The zero-order chi connectivity index (χ0) is 10.1. The molecule has 4 heteroatoms. The summed E-state index contributed by atoms with van der Waals surface area (Å²) >= 11 is 0. The summed E-state index contributed by atoms with van der Waals surface area (Å²) in [5, 5.41) is 2.97. The van der Waals surface area contributed by atoms with Gasteiger partial charge in [-0.2, -0.15) is 0 Å². The maximum absolute atomic E-state index is 11.8. The molecule has 1 saturated carbocycles. The summed E-state index contributed by atoms with van der Waals surface area (Å²) in [6.07, 6.45) is 2.81. The molecule has 0 radical (unpaired) electrons. The Morgan fingerprint density at radius 1 is 1.64 bits per heavy atom. The van der Waals surface area contributed by atoms with Crippen molar-refractivity contribution in [2.24, 2.45) is 11.7 Å². The van der Waals surface area contributed by atoms with Crippen LogP contribution in [0.5, 0.6) is 0 Å². The van der Waals surface area contributed by atoms with Crippen LogP contribution in [0, 0.1) is 5.92 Å². The standard InChI is InChI=1S/C10H18N2O2/c1-2-9-6(3-4-14-9)10(13)12-8-5-7(8)11/h6-9H,2-5,11H2,1H3,(H,12,13). The molecule has 1 aliphatic carbocycles. The summed E-state index contributed by atoms with van der Waals surface area (Å²) in [5.41, 5.74) is 5.63. The van der Waals surface area contributed by atoms with Crippen LogP contribution in [0.25, 0.3) is 0 Å². The van der Waals surface area contributed by atoms with Gasteiger partial charge in [-0.05, 0) is 19.3 Å². The van der Waals surface area contributed by atoms with Gasteiger partial charge in [0.05, 0.1) is 12.0 Å². The molecule has 0 aromatic heterocycles. The second-order valence-corrected chi connectivity index (χ2v) is 4.23. The second kappa shape index (κ2) is 3.87. The summed E-state index contributed by atoms with van der Waals surface area (Å²) in [6, 6.07) is 0.405. The summed E-state index contributed by atoms with van der Waals surface area (Å²) in [6.45, 7) is 2.77. The summed E-state index contributed by atoms with van der Waals surface area (Å²) in [7, 11) is 0. The van der Waals surface area contributed by atoms with Crippen molar-refractivity contribution in [1.29, 1.82) is 0 Å². The first-order valence-electron chi connectivity index (χ1n) is 5.40. The first-order chi connectivity index (χ1) is 6.72. The van der Waals surface area contributed by atoms with E-state index >= 15 is 0 Å². The van der Waals surface area contributed by atoms with E-state index in [2.05, 4.69) is 12.2 Å². The summed E-state index contributed by atoms with van der Waals surface area (Å²) in [4.78, 5) is 11.8. The fourth-order valence-electron chi connectivity index (χ4n) is 2.02. The zero-order valence-electron chi connectivity index (χ0n) is 8.53. The Kier molecular flexibility index (Phi) is 2.74. The number of amides is 1. The molecule has 1 aliphatic heterocycles. The van der Waals surface area contributed by atoms with E-state index in [-0.39, 0.29) is 30.0 Å². The molecule has 4 nitrogen and oxygen atoms in total. The highest BCUT2D eigenvalue weighted by Gasteiger charge is 2.39. The van der Waals surface area contributed by atoms with E-state index in [1.807, 2.05) is 0 Å². The number of nitrogens with two attached hydrogens (primary N) is 1. The van der Waals surface area contributed by atoms with Gasteiger partial charge in [-0.3, -0.25) is 4.79 Å². The third-order valence-corrected chi connectivity index (χ3v) is 3.12. The first kappa shape index (κ1) is 9.93. The lowest BCUT2D eigenvalue weighted by Crippen LogP contribution is -2.38. The molecule has 2 fully saturated rings. The van der Waals surface area contributed by atoms with Crippen LogP contribution in [0.1, 0.15) is 26.2 Å². The van der Waals surface area contributed by atoms with Gasteiger partial charge < -0.3 is 15.8 Å². The summed E-state index contributed by atoms with van der Waals surface area (Å²) < 4.78 is 5.47. The Bertz CT molecular complexity index is 232. The molecule has 2 rings (SSSR count). The van der Waals surface area contributed by atoms with E-state index in [0.717, 1.165) is 19.3 Å². The van der Waals surface area contributed by atoms with Gasteiger partial charge in [-0.15, -0.1) is 0 Å². The van der Waals surface area contributed by atoms with Gasteiger partial charge in [0, 0.05) is 18.7 Å². The van der Waals surface area contributed by atoms with E-state index in [9.17, 15) is 4.79 Å². The number of hydrogen-bond donors (Lipinski definition) is 2. The topological polar surface area (TPSA) is 64.3 Å². The van der Waals surface area contributed by atoms with Gasteiger partial charge in [0.25, 0.3) is 0 Å². The molecule has 2 aliphatic rings. The third kappa shape index (κ3) is 1.91. The fraction of sp³-hybridized carbons (Fsp3) is 0.900. The van der Waals surface area contributed by atoms with Crippen molar-refractivity contribution in [2.45, 2.75) is 44.4 Å². The highest BCUT2D eigenvalue weighted by molar-refractivity contribution is 5.80. The summed E-state index contributed by atoms with van der Waals surface area (Å²) in [5.74, 6) is 0.181. The number of rotatable bonds is 3. The monoisotopic (exact) mass is 198 g/mol. The molecule has 80 valence electrons. The number of carbonyl (C=O) groups is 1. The smallest absolute Gasteiger partial charge is 0.226 e. The number of carbonyl (C=O) groups excluding carboxylic acids is 1. The lowest BCUT2D eigenvalue weighted by Gasteiger charge is -2.16. The molecule has 1 amide bonds. The number of nitrogens with one attached hydrogen (secondary N) is 1. The fourth-order valence-corrected chi connectivity index (χ4v) is 2.02. The van der Waals surface area contributed by atoms with Gasteiger partial charge in [0.2, 0.25) is 5.91 Å². The average Bonchev–Trinajstić information content (AvgIpc) is 2.72. The van der Waals surface area contributed by atoms with Crippen molar-refractivity contribution >= 4 is 5.91 Å². The van der Waals surface area contributed by atoms with Crippen molar-refractivity contribution < 1.29 is 9.53 Å².